The maximum atomic E-state index is 11.8. The third-order valence-corrected chi connectivity index (χ3v) is 2.50. The van der Waals surface area contributed by atoms with Crippen LogP contribution in [-0.4, -0.2) is 45.5 Å². The molecule has 0 aliphatic carbocycles. The summed E-state index contributed by atoms with van der Waals surface area (Å²) >= 11 is 0. The van der Waals surface area contributed by atoms with Crippen molar-refractivity contribution >= 4 is 17.8 Å². The van der Waals surface area contributed by atoms with Gasteiger partial charge in [0.1, 0.15) is 11.6 Å². The molecule has 6 heteroatoms. The number of likely N-dealkylation sites (tertiary alicyclic amines) is 1. The smallest absolute Gasteiger partial charge is 0.411 e. The molecule has 0 aromatic rings. The van der Waals surface area contributed by atoms with Crippen molar-refractivity contribution < 1.29 is 24.2 Å². The van der Waals surface area contributed by atoms with Gasteiger partial charge in [0.05, 0.1) is 6.04 Å². The van der Waals surface area contributed by atoms with E-state index in [-0.39, 0.29) is 12.2 Å². The molecular formula is C11H17NO5. The van der Waals surface area contributed by atoms with Crippen LogP contribution in [0.4, 0.5) is 4.79 Å². The van der Waals surface area contributed by atoms with Crippen molar-refractivity contribution in [1.29, 1.82) is 0 Å². The molecular weight excluding hydrogens is 226 g/mol. The van der Waals surface area contributed by atoms with Gasteiger partial charge in [-0.25, -0.2) is 9.59 Å². The van der Waals surface area contributed by atoms with Crippen LogP contribution in [0.5, 0.6) is 0 Å². The predicted octanol–water partition coefficient (Wildman–Crippen LogP) is 1.04. The second-order valence-corrected chi connectivity index (χ2v) is 5.09. The number of hydrogen-bond acceptors (Lipinski definition) is 4. The SMILES string of the molecule is C[C@H]1C(=O)CC(C(=O)O)N1C(=O)OC(C)(C)C. The summed E-state index contributed by atoms with van der Waals surface area (Å²) in [6.45, 7) is 6.56. The summed E-state index contributed by atoms with van der Waals surface area (Å²) in [4.78, 5) is 35.2. The molecule has 1 aliphatic heterocycles. The summed E-state index contributed by atoms with van der Waals surface area (Å²) in [6.07, 6.45) is -0.918. The summed E-state index contributed by atoms with van der Waals surface area (Å²) < 4.78 is 5.09. The Morgan fingerprint density at radius 3 is 2.35 bits per heavy atom. The summed E-state index contributed by atoms with van der Waals surface area (Å²) in [5.74, 6) is -1.45. The molecule has 1 aliphatic rings. The number of rotatable bonds is 1. The zero-order valence-corrected chi connectivity index (χ0v) is 10.4. The van der Waals surface area contributed by atoms with Gasteiger partial charge in [-0.15, -0.1) is 0 Å². The number of aliphatic carboxylic acids is 1. The van der Waals surface area contributed by atoms with Gasteiger partial charge in [-0.2, -0.15) is 0 Å². The van der Waals surface area contributed by atoms with Crippen molar-refractivity contribution in [1.82, 2.24) is 4.90 Å². The van der Waals surface area contributed by atoms with Gasteiger partial charge in [-0.1, -0.05) is 0 Å². The van der Waals surface area contributed by atoms with Crippen molar-refractivity contribution in [3.8, 4) is 0 Å². The van der Waals surface area contributed by atoms with Crippen LogP contribution in [0, 0.1) is 0 Å². The van der Waals surface area contributed by atoms with Gasteiger partial charge in [0.2, 0.25) is 0 Å². The molecule has 1 N–H and O–H groups in total. The average Bonchev–Trinajstić information content (AvgIpc) is 2.40. The van der Waals surface area contributed by atoms with Crippen LogP contribution in [0.25, 0.3) is 0 Å². The number of ketones is 1. The van der Waals surface area contributed by atoms with Crippen molar-refractivity contribution in [2.75, 3.05) is 0 Å². The lowest BCUT2D eigenvalue weighted by Crippen LogP contribution is -2.46. The highest BCUT2D eigenvalue weighted by molar-refractivity contribution is 5.97. The summed E-state index contributed by atoms with van der Waals surface area (Å²) in [7, 11) is 0. The van der Waals surface area contributed by atoms with E-state index in [4.69, 9.17) is 9.84 Å². The highest BCUT2D eigenvalue weighted by atomic mass is 16.6. The molecule has 0 radical (unpaired) electrons. The Balaban J connectivity index is 2.89. The van der Waals surface area contributed by atoms with Crippen LogP contribution < -0.4 is 0 Å². The second kappa shape index (κ2) is 4.35. The van der Waals surface area contributed by atoms with Gasteiger partial charge >= 0.3 is 12.1 Å². The second-order valence-electron chi connectivity index (χ2n) is 5.09. The summed E-state index contributed by atoms with van der Waals surface area (Å²) in [5, 5.41) is 8.96. The van der Waals surface area contributed by atoms with Gasteiger partial charge in [0.25, 0.3) is 0 Å². The number of hydrogen-bond donors (Lipinski definition) is 1. The minimum Gasteiger partial charge on any atom is -0.480 e. The molecule has 1 heterocycles. The van der Waals surface area contributed by atoms with E-state index in [9.17, 15) is 14.4 Å². The third-order valence-electron chi connectivity index (χ3n) is 2.50. The zero-order chi connectivity index (χ0) is 13.4. The maximum absolute atomic E-state index is 11.8. The zero-order valence-electron chi connectivity index (χ0n) is 10.4. The molecule has 0 saturated carbocycles. The quantitative estimate of drug-likeness (QED) is 0.743. The predicted molar refractivity (Wildman–Crippen MR) is 58.6 cm³/mol. The molecule has 1 saturated heterocycles. The van der Waals surface area contributed by atoms with Crippen molar-refractivity contribution in [2.45, 2.75) is 51.8 Å². The molecule has 1 unspecified atom stereocenters. The lowest BCUT2D eigenvalue weighted by molar-refractivity contribution is -0.142. The first-order valence-corrected chi connectivity index (χ1v) is 5.40. The number of carbonyl (C=O) groups excluding carboxylic acids is 2. The summed E-state index contributed by atoms with van der Waals surface area (Å²) in [6, 6.07) is -1.86. The van der Waals surface area contributed by atoms with E-state index in [1.807, 2.05) is 0 Å². The Kier molecular flexibility index (Phi) is 3.45. The number of ether oxygens (including phenoxy) is 1. The van der Waals surface area contributed by atoms with E-state index in [2.05, 4.69) is 0 Å². The van der Waals surface area contributed by atoms with Crippen LogP contribution >= 0.6 is 0 Å². The Bertz CT molecular complexity index is 357. The molecule has 0 bridgehead atoms. The number of nitrogens with zero attached hydrogens (tertiary/aromatic N) is 1. The monoisotopic (exact) mass is 243 g/mol. The molecule has 0 spiro atoms. The molecule has 0 aromatic carbocycles. The van der Waals surface area contributed by atoms with Gasteiger partial charge in [0, 0.05) is 6.42 Å². The molecule has 2 atom stereocenters. The van der Waals surface area contributed by atoms with Crippen LogP contribution in [0.1, 0.15) is 34.1 Å². The number of carbonyl (C=O) groups is 3. The lowest BCUT2D eigenvalue weighted by Gasteiger charge is -2.28. The Labute approximate surface area is 99.5 Å². The van der Waals surface area contributed by atoms with E-state index < -0.39 is 29.7 Å². The van der Waals surface area contributed by atoms with Crippen LogP contribution in [0.2, 0.25) is 0 Å². The molecule has 1 amide bonds. The standard InChI is InChI=1S/C11H17NO5/c1-6-8(13)5-7(9(14)15)12(6)10(16)17-11(2,3)4/h6-7H,5H2,1-4H3,(H,14,15)/t6-,7?/m0/s1. The Hall–Kier alpha value is -1.59. The number of carboxylic acid groups (broad SMARTS) is 1. The van der Waals surface area contributed by atoms with Crippen LogP contribution in [0.15, 0.2) is 0 Å². The summed E-state index contributed by atoms with van der Waals surface area (Å²) in [5.41, 5.74) is -0.717. The lowest BCUT2D eigenvalue weighted by atomic mass is 10.2. The largest absolute Gasteiger partial charge is 0.480 e. The first-order chi connectivity index (χ1) is 7.63. The van der Waals surface area contributed by atoms with Crippen molar-refractivity contribution in [2.24, 2.45) is 0 Å². The fraction of sp³-hybridized carbons (Fsp3) is 0.727. The van der Waals surface area contributed by atoms with Crippen molar-refractivity contribution in [3.63, 3.8) is 0 Å². The van der Waals surface area contributed by atoms with Gasteiger partial charge in [-0.05, 0) is 27.7 Å². The molecule has 17 heavy (non-hydrogen) atoms. The van der Waals surface area contributed by atoms with E-state index in [0.29, 0.717) is 0 Å². The molecule has 96 valence electrons. The van der Waals surface area contributed by atoms with Gasteiger partial charge in [-0.3, -0.25) is 9.69 Å². The number of amides is 1. The molecule has 1 rings (SSSR count). The first-order valence-electron chi connectivity index (χ1n) is 5.40. The highest BCUT2D eigenvalue weighted by Gasteiger charge is 2.45. The minimum absolute atomic E-state index is 0.157. The molecule has 6 nitrogen and oxygen atoms in total. The normalized spacial score (nSPS) is 24.9. The molecule has 1 fully saturated rings. The first kappa shape index (κ1) is 13.5. The van der Waals surface area contributed by atoms with E-state index in [0.717, 1.165) is 4.90 Å². The fourth-order valence-corrected chi connectivity index (χ4v) is 1.69. The van der Waals surface area contributed by atoms with Crippen LogP contribution in [-0.2, 0) is 14.3 Å². The maximum Gasteiger partial charge on any atom is 0.411 e. The molecule has 0 aromatic heterocycles. The van der Waals surface area contributed by atoms with E-state index in [1.165, 1.54) is 6.92 Å². The number of carboxylic acids is 1. The fourth-order valence-electron chi connectivity index (χ4n) is 1.69. The minimum atomic E-state index is -1.19. The average molecular weight is 243 g/mol. The van der Waals surface area contributed by atoms with Crippen molar-refractivity contribution in [3.05, 3.63) is 0 Å². The Morgan fingerprint density at radius 2 is 1.94 bits per heavy atom. The van der Waals surface area contributed by atoms with Gasteiger partial charge < -0.3 is 9.84 Å². The van der Waals surface area contributed by atoms with E-state index in [1.54, 1.807) is 20.8 Å². The topological polar surface area (TPSA) is 83.9 Å². The third kappa shape index (κ3) is 2.95. The Morgan fingerprint density at radius 1 is 1.41 bits per heavy atom. The van der Waals surface area contributed by atoms with Gasteiger partial charge in [0.15, 0.2) is 5.78 Å². The number of Topliss-reactive ketones (excluding diaryl/α,β-unsaturated/α-hetero) is 1. The van der Waals surface area contributed by atoms with E-state index >= 15 is 0 Å². The highest BCUT2D eigenvalue weighted by Crippen LogP contribution is 2.24. The van der Waals surface area contributed by atoms with Crippen LogP contribution in [0.3, 0.4) is 0 Å².